The number of non-ortho nitro benzene ring substituents is 1. The molecule has 9 nitrogen and oxygen atoms in total. The maximum Gasteiger partial charge on any atom is 0.339 e. The van der Waals surface area contributed by atoms with Gasteiger partial charge < -0.3 is 14.8 Å². The van der Waals surface area contributed by atoms with Crippen molar-refractivity contribution in [3.8, 4) is 0 Å². The quantitative estimate of drug-likeness (QED) is 0.349. The number of nitrogens with zero attached hydrogens (tertiary/aromatic N) is 1. The van der Waals surface area contributed by atoms with Gasteiger partial charge >= 0.3 is 11.9 Å². The lowest BCUT2D eigenvalue weighted by Crippen LogP contribution is -2.34. The maximum atomic E-state index is 12.5. The van der Waals surface area contributed by atoms with Gasteiger partial charge in [0.1, 0.15) is 0 Å². The number of allylic oxidation sites excluding steroid dienone is 1. The molecule has 1 atom stereocenters. The van der Waals surface area contributed by atoms with E-state index in [1.165, 1.54) is 25.1 Å². The fraction of sp³-hybridized carbons (Fsp3) is 0.389. The molecule has 0 saturated carbocycles. The molecule has 1 heterocycles. The molecule has 0 radical (unpaired) electrons. The number of carbonyl (C=O) groups excluding carboxylic acids is 3. The van der Waals surface area contributed by atoms with E-state index in [4.69, 9.17) is 9.47 Å². The second-order valence-corrected chi connectivity index (χ2v) is 6.36. The van der Waals surface area contributed by atoms with Crippen LogP contribution in [0.25, 0.3) is 0 Å². The average molecular weight is 376 g/mol. The molecule has 9 heteroatoms. The minimum absolute atomic E-state index is 0.0608. The molecule has 1 aliphatic heterocycles. The van der Waals surface area contributed by atoms with Crippen LogP contribution in [0.1, 0.15) is 38.7 Å². The number of carbonyl (C=O) groups is 3. The minimum atomic E-state index is -0.763. The summed E-state index contributed by atoms with van der Waals surface area (Å²) in [6.45, 7) is 4.28. The lowest BCUT2D eigenvalue weighted by atomic mass is 9.84. The number of nitro benzene ring substituents is 1. The van der Waals surface area contributed by atoms with Crippen LogP contribution in [0.2, 0.25) is 0 Å². The van der Waals surface area contributed by atoms with Crippen LogP contribution in [0.4, 0.5) is 5.69 Å². The molecule has 144 valence electrons. The van der Waals surface area contributed by atoms with Crippen LogP contribution in [0.15, 0.2) is 35.5 Å². The van der Waals surface area contributed by atoms with Gasteiger partial charge in [-0.1, -0.05) is 26.0 Å². The third-order valence-corrected chi connectivity index (χ3v) is 4.03. The molecule has 1 aliphatic rings. The van der Waals surface area contributed by atoms with Crippen LogP contribution >= 0.6 is 0 Å². The number of benzene rings is 1. The molecular formula is C18H20N2O7. The van der Waals surface area contributed by atoms with Crippen molar-refractivity contribution in [3.05, 3.63) is 51.2 Å². The molecule has 0 bridgehead atoms. The Balaban J connectivity index is 2.25. The standard InChI is InChI=1S/C18H20N2O7/c1-10(2)17(22)26-9-27-18(23)16-11(3)19-15(21)8-14(16)12-5-4-6-13(7-12)20(24)25/h4-7,10,14H,8-9H2,1-3H3,(H,19,21)/t14-/m0/s1. The topological polar surface area (TPSA) is 125 Å². The number of nitro groups is 1. The van der Waals surface area contributed by atoms with Gasteiger partial charge in [-0.15, -0.1) is 0 Å². The molecule has 1 aromatic rings. The molecule has 0 fully saturated rings. The first-order valence-corrected chi connectivity index (χ1v) is 8.29. The number of hydrogen-bond donors (Lipinski definition) is 1. The van der Waals surface area contributed by atoms with E-state index in [9.17, 15) is 24.5 Å². The van der Waals surface area contributed by atoms with Gasteiger partial charge in [-0.3, -0.25) is 19.7 Å². The van der Waals surface area contributed by atoms with E-state index in [0.29, 0.717) is 11.3 Å². The molecule has 0 unspecified atom stereocenters. The Morgan fingerprint density at radius 3 is 2.67 bits per heavy atom. The highest BCUT2D eigenvalue weighted by Crippen LogP contribution is 2.34. The van der Waals surface area contributed by atoms with Crippen molar-refractivity contribution in [2.45, 2.75) is 33.1 Å². The summed E-state index contributed by atoms with van der Waals surface area (Å²) in [7, 11) is 0. The van der Waals surface area contributed by atoms with Crippen molar-refractivity contribution in [3.63, 3.8) is 0 Å². The molecule has 1 amide bonds. The van der Waals surface area contributed by atoms with E-state index < -0.39 is 29.6 Å². The lowest BCUT2D eigenvalue weighted by Gasteiger charge is -2.26. The molecule has 0 aromatic heterocycles. The van der Waals surface area contributed by atoms with Crippen LogP contribution in [0.3, 0.4) is 0 Å². The highest BCUT2D eigenvalue weighted by molar-refractivity contribution is 5.95. The molecule has 1 N–H and O–H groups in total. The fourth-order valence-corrected chi connectivity index (χ4v) is 2.70. The summed E-state index contributed by atoms with van der Waals surface area (Å²) < 4.78 is 9.84. The molecule has 27 heavy (non-hydrogen) atoms. The van der Waals surface area contributed by atoms with E-state index >= 15 is 0 Å². The summed E-state index contributed by atoms with van der Waals surface area (Å²) in [5.74, 6) is -2.66. The largest absolute Gasteiger partial charge is 0.428 e. The molecule has 1 aromatic carbocycles. The van der Waals surface area contributed by atoms with Gasteiger partial charge in [-0.25, -0.2) is 4.79 Å². The predicted molar refractivity (Wildman–Crippen MR) is 93.2 cm³/mol. The predicted octanol–water partition coefficient (Wildman–Crippen LogP) is 2.17. The van der Waals surface area contributed by atoms with Crippen LogP contribution in [0, 0.1) is 16.0 Å². The first-order chi connectivity index (χ1) is 12.7. The fourth-order valence-electron chi connectivity index (χ4n) is 2.70. The zero-order valence-electron chi connectivity index (χ0n) is 15.2. The summed E-state index contributed by atoms with van der Waals surface area (Å²) in [6, 6.07) is 5.74. The number of rotatable bonds is 6. The Morgan fingerprint density at radius 1 is 1.33 bits per heavy atom. The van der Waals surface area contributed by atoms with E-state index in [-0.39, 0.29) is 29.5 Å². The van der Waals surface area contributed by atoms with Crippen molar-refractivity contribution in [1.29, 1.82) is 0 Å². The third-order valence-electron chi connectivity index (χ3n) is 4.03. The number of amides is 1. The van der Waals surface area contributed by atoms with Crippen LogP contribution in [0.5, 0.6) is 0 Å². The Hall–Kier alpha value is -3.23. The van der Waals surface area contributed by atoms with Gasteiger partial charge in [-0.2, -0.15) is 0 Å². The normalized spacial score (nSPS) is 16.7. The number of nitrogens with one attached hydrogen (secondary N) is 1. The van der Waals surface area contributed by atoms with Crippen molar-refractivity contribution in [1.82, 2.24) is 5.32 Å². The minimum Gasteiger partial charge on any atom is -0.428 e. The summed E-state index contributed by atoms with van der Waals surface area (Å²) in [6.07, 6.45) is -0.0608. The monoisotopic (exact) mass is 376 g/mol. The van der Waals surface area contributed by atoms with Crippen molar-refractivity contribution >= 4 is 23.5 Å². The van der Waals surface area contributed by atoms with Crippen molar-refractivity contribution in [2.24, 2.45) is 5.92 Å². The molecule has 0 spiro atoms. The Bertz CT molecular complexity index is 814. The highest BCUT2D eigenvalue weighted by atomic mass is 16.7. The first kappa shape index (κ1) is 20.1. The van der Waals surface area contributed by atoms with Gasteiger partial charge in [0.2, 0.25) is 12.7 Å². The zero-order valence-corrected chi connectivity index (χ0v) is 15.2. The second kappa shape index (κ2) is 8.43. The Kier molecular flexibility index (Phi) is 6.27. The average Bonchev–Trinajstić information content (AvgIpc) is 2.60. The smallest absolute Gasteiger partial charge is 0.339 e. The summed E-state index contributed by atoms with van der Waals surface area (Å²) in [5, 5.41) is 13.6. The Morgan fingerprint density at radius 2 is 2.04 bits per heavy atom. The lowest BCUT2D eigenvalue weighted by molar-refractivity contribution is -0.384. The Labute approximate surface area is 155 Å². The van der Waals surface area contributed by atoms with Crippen LogP contribution in [-0.4, -0.2) is 29.6 Å². The van der Waals surface area contributed by atoms with Gasteiger partial charge in [-0.05, 0) is 12.5 Å². The van der Waals surface area contributed by atoms with Crippen molar-refractivity contribution in [2.75, 3.05) is 6.79 Å². The summed E-state index contributed by atoms with van der Waals surface area (Å²) in [5.41, 5.74) is 0.762. The van der Waals surface area contributed by atoms with Gasteiger partial charge in [0.05, 0.1) is 16.4 Å². The summed E-state index contributed by atoms with van der Waals surface area (Å²) >= 11 is 0. The number of hydrogen-bond acceptors (Lipinski definition) is 7. The molecule has 0 saturated heterocycles. The first-order valence-electron chi connectivity index (χ1n) is 8.29. The zero-order chi connectivity index (χ0) is 20.1. The second-order valence-electron chi connectivity index (χ2n) is 6.36. The molecule has 2 rings (SSSR count). The van der Waals surface area contributed by atoms with Gasteiger partial charge in [0.25, 0.3) is 5.69 Å². The van der Waals surface area contributed by atoms with E-state index in [0.717, 1.165) is 0 Å². The molecular weight excluding hydrogens is 356 g/mol. The van der Waals surface area contributed by atoms with Crippen molar-refractivity contribution < 1.29 is 28.8 Å². The maximum absolute atomic E-state index is 12.5. The molecule has 0 aliphatic carbocycles. The van der Waals surface area contributed by atoms with E-state index in [1.54, 1.807) is 19.9 Å². The summed E-state index contributed by atoms with van der Waals surface area (Å²) in [4.78, 5) is 46.3. The van der Waals surface area contributed by atoms with Gasteiger partial charge in [0, 0.05) is 30.2 Å². The number of esters is 2. The SMILES string of the molecule is CC1=C(C(=O)OCOC(=O)C(C)C)[C@H](c2cccc([N+](=O)[O-])c2)CC(=O)N1. The third kappa shape index (κ3) is 4.90. The van der Waals surface area contributed by atoms with Gasteiger partial charge in [0.15, 0.2) is 0 Å². The van der Waals surface area contributed by atoms with Crippen LogP contribution in [-0.2, 0) is 23.9 Å². The number of ether oxygens (including phenoxy) is 2. The van der Waals surface area contributed by atoms with E-state index in [2.05, 4.69) is 5.32 Å². The van der Waals surface area contributed by atoms with Crippen LogP contribution < -0.4 is 5.32 Å². The highest BCUT2D eigenvalue weighted by Gasteiger charge is 2.33. The van der Waals surface area contributed by atoms with E-state index in [1.807, 2.05) is 0 Å².